The molecule has 2 N–H and O–H groups in total. The molecule has 0 atom stereocenters. The molecule has 0 aliphatic rings. The Hall–Kier alpha value is -1.53. The summed E-state index contributed by atoms with van der Waals surface area (Å²) >= 11 is 5.36. The number of ether oxygens (including phenoxy) is 2. The van der Waals surface area contributed by atoms with Gasteiger partial charge < -0.3 is 20.1 Å². The minimum Gasteiger partial charge on any atom is -0.497 e. The fourth-order valence-electron chi connectivity index (χ4n) is 2.48. The molecule has 0 aromatic heterocycles. The van der Waals surface area contributed by atoms with E-state index in [9.17, 15) is 0 Å². The molecule has 5 nitrogen and oxygen atoms in total. The highest BCUT2D eigenvalue weighted by molar-refractivity contribution is 7.80. The fraction of sp³-hybridized carbons (Fsp3) is 0.588. The van der Waals surface area contributed by atoms with Gasteiger partial charge in [-0.15, -0.1) is 0 Å². The maximum absolute atomic E-state index is 5.36. The summed E-state index contributed by atoms with van der Waals surface area (Å²) in [5.41, 5.74) is 0.815. The quantitative estimate of drug-likeness (QED) is 0.710. The van der Waals surface area contributed by atoms with Gasteiger partial charge in [-0.1, -0.05) is 0 Å². The minimum absolute atomic E-state index is 0.514. The maximum atomic E-state index is 5.36. The molecule has 6 heteroatoms. The van der Waals surface area contributed by atoms with Crippen molar-refractivity contribution in [2.75, 3.05) is 32.6 Å². The summed E-state index contributed by atoms with van der Waals surface area (Å²) in [5.74, 6) is 1.44. The average Bonchev–Trinajstić information content (AvgIpc) is 2.51. The van der Waals surface area contributed by atoms with E-state index in [2.05, 4.69) is 43.2 Å². The number of nitrogens with one attached hydrogen (secondary N) is 2. The van der Waals surface area contributed by atoms with Crippen LogP contribution in [-0.4, -0.2) is 49.4 Å². The summed E-state index contributed by atoms with van der Waals surface area (Å²) < 4.78 is 10.5. The molecule has 0 aliphatic carbocycles. The van der Waals surface area contributed by atoms with E-state index in [0.29, 0.717) is 22.9 Å². The first-order valence-electron chi connectivity index (χ1n) is 7.91. The second kappa shape index (κ2) is 9.57. The minimum atomic E-state index is 0.514. The Morgan fingerprint density at radius 3 is 2.30 bits per heavy atom. The van der Waals surface area contributed by atoms with Gasteiger partial charge in [0.15, 0.2) is 5.11 Å². The van der Waals surface area contributed by atoms with Crippen LogP contribution in [-0.2, 0) is 0 Å². The SMILES string of the molecule is COc1ccc(NC(=S)NCCN(C(C)C)C(C)C)c(OC)c1. The van der Waals surface area contributed by atoms with Crippen LogP contribution in [0.2, 0.25) is 0 Å². The third-order valence-corrected chi connectivity index (χ3v) is 3.89. The van der Waals surface area contributed by atoms with Gasteiger partial charge in [-0.3, -0.25) is 4.90 Å². The van der Waals surface area contributed by atoms with Crippen molar-refractivity contribution < 1.29 is 9.47 Å². The molecule has 1 aromatic rings. The normalized spacial score (nSPS) is 11.0. The summed E-state index contributed by atoms with van der Waals surface area (Å²) in [5, 5.41) is 6.99. The average molecular weight is 340 g/mol. The highest BCUT2D eigenvalue weighted by Crippen LogP contribution is 2.28. The molecule has 0 saturated carbocycles. The topological polar surface area (TPSA) is 45.8 Å². The summed E-state index contributed by atoms with van der Waals surface area (Å²) in [6.45, 7) is 10.6. The van der Waals surface area contributed by atoms with E-state index in [0.717, 1.165) is 24.5 Å². The zero-order valence-corrected chi connectivity index (χ0v) is 15.8. The molecule has 1 aromatic carbocycles. The highest BCUT2D eigenvalue weighted by Gasteiger charge is 2.13. The van der Waals surface area contributed by atoms with Gasteiger partial charge in [0, 0.05) is 31.2 Å². The number of hydrogen-bond donors (Lipinski definition) is 2. The maximum Gasteiger partial charge on any atom is 0.170 e. The van der Waals surface area contributed by atoms with Gasteiger partial charge in [0.05, 0.1) is 19.9 Å². The van der Waals surface area contributed by atoms with E-state index >= 15 is 0 Å². The van der Waals surface area contributed by atoms with Gasteiger partial charge in [0.25, 0.3) is 0 Å². The Kier molecular flexibility index (Phi) is 8.12. The number of thiocarbonyl (C=S) groups is 1. The number of methoxy groups -OCH3 is 2. The Balaban J connectivity index is 2.54. The van der Waals surface area contributed by atoms with Gasteiger partial charge in [-0.05, 0) is 52.0 Å². The lowest BCUT2D eigenvalue weighted by Crippen LogP contribution is -2.43. The predicted octanol–water partition coefficient (Wildman–Crippen LogP) is 3.11. The van der Waals surface area contributed by atoms with Crippen molar-refractivity contribution in [3.05, 3.63) is 18.2 Å². The molecular weight excluding hydrogens is 310 g/mol. The molecule has 0 saturated heterocycles. The monoisotopic (exact) mass is 339 g/mol. The zero-order chi connectivity index (χ0) is 17.4. The van der Waals surface area contributed by atoms with Crippen molar-refractivity contribution in [2.24, 2.45) is 0 Å². The molecule has 0 heterocycles. The molecule has 1 rings (SSSR count). The summed E-state index contributed by atoms with van der Waals surface area (Å²) in [7, 11) is 3.25. The van der Waals surface area contributed by atoms with E-state index < -0.39 is 0 Å². The Bertz CT molecular complexity index is 499. The highest BCUT2D eigenvalue weighted by atomic mass is 32.1. The molecule has 23 heavy (non-hydrogen) atoms. The van der Waals surface area contributed by atoms with E-state index in [1.54, 1.807) is 14.2 Å². The van der Waals surface area contributed by atoms with Crippen LogP contribution in [0.3, 0.4) is 0 Å². The first-order valence-corrected chi connectivity index (χ1v) is 8.32. The third kappa shape index (κ3) is 6.23. The second-order valence-electron chi connectivity index (χ2n) is 5.87. The van der Waals surface area contributed by atoms with Crippen molar-refractivity contribution >= 4 is 23.0 Å². The molecular formula is C17H29N3O2S. The van der Waals surface area contributed by atoms with E-state index in [1.807, 2.05) is 18.2 Å². The van der Waals surface area contributed by atoms with E-state index in [1.165, 1.54) is 0 Å². The molecule has 130 valence electrons. The number of benzene rings is 1. The molecule has 0 amide bonds. The van der Waals surface area contributed by atoms with Crippen LogP contribution in [0.4, 0.5) is 5.69 Å². The van der Waals surface area contributed by atoms with Crippen LogP contribution in [0, 0.1) is 0 Å². The largest absolute Gasteiger partial charge is 0.497 e. The second-order valence-corrected chi connectivity index (χ2v) is 6.28. The van der Waals surface area contributed by atoms with Gasteiger partial charge >= 0.3 is 0 Å². The number of rotatable bonds is 8. The lowest BCUT2D eigenvalue weighted by molar-refractivity contribution is 0.178. The lowest BCUT2D eigenvalue weighted by atomic mass is 10.2. The number of hydrogen-bond acceptors (Lipinski definition) is 4. The number of anilines is 1. The van der Waals surface area contributed by atoms with Gasteiger partial charge in [-0.2, -0.15) is 0 Å². The van der Waals surface area contributed by atoms with Crippen LogP contribution < -0.4 is 20.1 Å². The molecule has 0 spiro atoms. The molecule has 0 aliphatic heterocycles. The van der Waals surface area contributed by atoms with Crippen molar-refractivity contribution in [1.29, 1.82) is 0 Å². The third-order valence-electron chi connectivity index (χ3n) is 3.64. The van der Waals surface area contributed by atoms with E-state index in [4.69, 9.17) is 21.7 Å². The fourth-order valence-corrected chi connectivity index (χ4v) is 2.69. The lowest BCUT2D eigenvalue weighted by Gasteiger charge is -2.30. The smallest absolute Gasteiger partial charge is 0.170 e. The first-order chi connectivity index (χ1) is 10.9. The summed E-state index contributed by atoms with van der Waals surface area (Å²) in [6.07, 6.45) is 0. The van der Waals surface area contributed by atoms with Gasteiger partial charge in [0.1, 0.15) is 11.5 Å². The zero-order valence-electron chi connectivity index (χ0n) is 15.0. The van der Waals surface area contributed by atoms with Crippen LogP contribution in [0.15, 0.2) is 18.2 Å². The molecule has 0 unspecified atom stereocenters. The van der Waals surface area contributed by atoms with Crippen molar-refractivity contribution in [3.63, 3.8) is 0 Å². The van der Waals surface area contributed by atoms with E-state index in [-0.39, 0.29) is 0 Å². The molecule has 0 bridgehead atoms. The number of nitrogens with zero attached hydrogens (tertiary/aromatic N) is 1. The van der Waals surface area contributed by atoms with Crippen molar-refractivity contribution in [1.82, 2.24) is 10.2 Å². The molecule has 0 radical (unpaired) electrons. The first kappa shape index (κ1) is 19.5. The Labute approximate surface area is 145 Å². The standard InChI is InChI=1S/C17H29N3O2S/c1-12(2)20(13(3)4)10-9-18-17(23)19-15-8-7-14(21-5)11-16(15)22-6/h7-8,11-13H,9-10H2,1-6H3,(H2,18,19,23). The van der Waals surface area contributed by atoms with Crippen LogP contribution in [0.25, 0.3) is 0 Å². The van der Waals surface area contributed by atoms with Crippen LogP contribution in [0.5, 0.6) is 11.5 Å². The Morgan fingerprint density at radius 2 is 1.78 bits per heavy atom. The van der Waals surface area contributed by atoms with Crippen LogP contribution >= 0.6 is 12.2 Å². The Morgan fingerprint density at radius 1 is 1.13 bits per heavy atom. The van der Waals surface area contributed by atoms with Crippen molar-refractivity contribution in [3.8, 4) is 11.5 Å². The van der Waals surface area contributed by atoms with Crippen LogP contribution in [0.1, 0.15) is 27.7 Å². The van der Waals surface area contributed by atoms with Gasteiger partial charge in [0.2, 0.25) is 0 Å². The van der Waals surface area contributed by atoms with Crippen molar-refractivity contribution in [2.45, 2.75) is 39.8 Å². The summed E-state index contributed by atoms with van der Waals surface area (Å²) in [6, 6.07) is 6.61. The molecule has 0 fully saturated rings. The van der Waals surface area contributed by atoms with Gasteiger partial charge in [-0.25, -0.2) is 0 Å². The predicted molar refractivity (Wildman–Crippen MR) is 101 cm³/mol. The summed E-state index contributed by atoms with van der Waals surface area (Å²) in [4.78, 5) is 2.42.